The van der Waals surface area contributed by atoms with E-state index in [0.717, 1.165) is 28.2 Å². The zero-order chi connectivity index (χ0) is 12.3. The Morgan fingerprint density at radius 2 is 1.81 bits per heavy atom. The van der Waals surface area contributed by atoms with Gasteiger partial charge in [0.25, 0.3) is 0 Å². The Kier molecular flexibility index (Phi) is 4.71. The molecule has 3 nitrogen and oxygen atoms in total. The van der Waals surface area contributed by atoms with Gasteiger partial charge in [0.1, 0.15) is 11.6 Å². The molecule has 0 amide bonds. The van der Waals surface area contributed by atoms with E-state index in [4.69, 9.17) is 0 Å². The average Bonchev–Trinajstić information content (AvgIpc) is 2.19. The highest BCUT2D eigenvalue weighted by molar-refractivity contribution is 9.10. The van der Waals surface area contributed by atoms with E-state index in [2.05, 4.69) is 58.9 Å². The quantitative estimate of drug-likeness (QED) is 0.919. The molecular weight excluding hydrogens is 266 g/mol. The van der Waals surface area contributed by atoms with Gasteiger partial charge in [0, 0.05) is 13.5 Å². The number of anilines is 1. The van der Waals surface area contributed by atoms with Crippen molar-refractivity contribution in [3.05, 3.63) is 16.0 Å². The Morgan fingerprint density at radius 3 is 2.25 bits per heavy atom. The van der Waals surface area contributed by atoms with E-state index >= 15 is 0 Å². The number of rotatable bonds is 4. The van der Waals surface area contributed by atoms with Crippen LogP contribution < -0.4 is 5.32 Å². The second kappa shape index (κ2) is 5.62. The van der Waals surface area contributed by atoms with Crippen LogP contribution in [0.3, 0.4) is 0 Å². The van der Waals surface area contributed by atoms with Crippen molar-refractivity contribution < 1.29 is 0 Å². The lowest BCUT2D eigenvalue weighted by Gasteiger charge is -2.14. The Balaban J connectivity index is 3.17. The molecule has 0 radical (unpaired) electrons. The van der Waals surface area contributed by atoms with Crippen LogP contribution in [0, 0.1) is 5.92 Å². The van der Waals surface area contributed by atoms with Crippen molar-refractivity contribution in [3.63, 3.8) is 0 Å². The number of hydrogen-bond acceptors (Lipinski definition) is 3. The van der Waals surface area contributed by atoms with Crippen molar-refractivity contribution in [2.24, 2.45) is 5.92 Å². The third-order valence-electron chi connectivity index (χ3n) is 2.30. The van der Waals surface area contributed by atoms with E-state index in [1.807, 2.05) is 7.05 Å². The Morgan fingerprint density at radius 1 is 1.19 bits per heavy atom. The normalized spacial score (nSPS) is 11.2. The molecule has 0 saturated carbocycles. The predicted octanol–water partition coefficient (Wildman–Crippen LogP) is 3.60. The summed E-state index contributed by atoms with van der Waals surface area (Å²) < 4.78 is 0.984. The van der Waals surface area contributed by atoms with Crippen molar-refractivity contribution in [3.8, 4) is 0 Å². The first kappa shape index (κ1) is 13.4. The van der Waals surface area contributed by atoms with Crippen LogP contribution in [-0.4, -0.2) is 17.0 Å². The van der Waals surface area contributed by atoms with Gasteiger partial charge in [0.2, 0.25) is 0 Å². The van der Waals surface area contributed by atoms with E-state index in [1.165, 1.54) is 0 Å². The highest BCUT2D eigenvalue weighted by Crippen LogP contribution is 2.28. The number of aromatic nitrogens is 2. The first-order chi connectivity index (χ1) is 7.45. The summed E-state index contributed by atoms with van der Waals surface area (Å²) in [5.41, 5.74) is 1.08. The monoisotopic (exact) mass is 285 g/mol. The second-order valence-electron chi connectivity index (χ2n) is 4.69. The maximum absolute atomic E-state index is 4.62. The van der Waals surface area contributed by atoms with Crippen LogP contribution in [0.2, 0.25) is 0 Å². The molecule has 0 aliphatic heterocycles. The summed E-state index contributed by atoms with van der Waals surface area (Å²) in [7, 11) is 1.89. The zero-order valence-corrected chi connectivity index (χ0v) is 12.2. The predicted molar refractivity (Wildman–Crippen MR) is 71.9 cm³/mol. The van der Waals surface area contributed by atoms with E-state index in [9.17, 15) is 0 Å². The van der Waals surface area contributed by atoms with Crippen LogP contribution in [-0.2, 0) is 6.42 Å². The van der Waals surface area contributed by atoms with Gasteiger partial charge in [0.15, 0.2) is 0 Å². The Hall–Kier alpha value is -0.640. The fourth-order valence-electron chi connectivity index (χ4n) is 1.52. The molecule has 90 valence electrons. The SMILES string of the molecule is CNc1nc(CC(C)C)nc(C(C)C)c1Br. The minimum absolute atomic E-state index is 0.399. The van der Waals surface area contributed by atoms with Crippen molar-refractivity contribution >= 4 is 21.7 Å². The molecule has 1 aromatic rings. The number of hydrogen-bond donors (Lipinski definition) is 1. The topological polar surface area (TPSA) is 37.8 Å². The molecule has 1 rings (SSSR count). The third kappa shape index (κ3) is 3.17. The largest absolute Gasteiger partial charge is 0.372 e. The lowest BCUT2D eigenvalue weighted by atomic mass is 10.1. The zero-order valence-electron chi connectivity index (χ0n) is 10.6. The van der Waals surface area contributed by atoms with Crippen LogP contribution in [0.5, 0.6) is 0 Å². The van der Waals surface area contributed by atoms with Crippen molar-refractivity contribution in [1.82, 2.24) is 9.97 Å². The molecule has 0 aliphatic carbocycles. The van der Waals surface area contributed by atoms with Crippen molar-refractivity contribution in [2.75, 3.05) is 12.4 Å². The summed E-state index contributed by atoms with van der Waals surface area (Å²) in [6, 6.07) is 0. The summed E-state index contributed by atoms with van der Waals surface area (Å²) >= 11 is 3.55. The molecule has 0 spiro atoms. The van der Waals surface area contributed by atoms with Crippen LogP contribution in [0.25, 0.3) is 0 Å². The number of nitrogens with zero attached hydrogens (tertiary/aromatic N) is 2. The average molecular weight is 286 g/mol. The molecule has 0 atom stereocenters. The smallest absolute Gasteiger partial charge is 0.144 e. The van der Waals surface area contributed by atoms with Gasteiger partial charge in [-0.05, 0) is 27.8 Å². The van der Waals surface area contributed by atoms with Gasteiger partial charge >= 0.3 is 0 Å². The minimum atomic E-state index is 0.399. The summed E-state index contributed by atoms with van der Waals surface area (Å²) in [5, 5.41) is 3.11. The fourth-order valence-corrected chi connectivity index (χ4v) is 2.35. The lowest BCUT2D eigenvalue weighted by molar-refractivity contribution is 0.614. The summed E-state index contributed by atoms with van der Waals surface area (Å²) in [5.74, 6) is 2.78. The van der Waals surface area contributed by atoms with E-state index in [-0.39, 0.29) is 0 Å². The minimum Gasteiger partial charge on any atom is -0.372 e. The molecule has 1 N–H and O–H groups in total. The molecule has 1 heterocycles. The van der Waals surface area contributed by atoms with E-state index < -0.39 is 0 Å². The van der Waals surface area contributed by atoms with Crippen molar-refractivity contribution in [2.45, 2.75) is 40.0 Å². The van der Waals surface area contributed by atoms with Gasteiger partial charge in [-0.2, -0.15) is 0 Å². The van der Waals surface area contributed by atoms with Crippen LogP contribution in [0.4, 0.5) is 5.82 Å². The first-order valence-electron chi connectivity index (χ1n) is 5.69. The first-order valence-corrected chi connectivity index (χ1v) is 6.49. The van der Waals surface area contributed by atoms with Gasteiger partial charge in [-0.25, -0.2) is 9.97 Å². The second-order valence-corrected chi connectivity index (χ2v) is 5.48. The molecule has 0 bridgehead atoms. The van der Waals surface area contributed by atoms with Gasteiger partial charge in [-0.15, -0.1) is 0 Å². The van der Waals surface area contributed by atoms with Gasteiger partial charge in [-0.3, -0.25) is 0 Å². The molecule has 16 heavy (non-hydrogen) atoms. The fraction of sp³-hybridized carbons (Fsp3) is 0.667. The molecular formula is C12H20BrN3. The standard InChI is InChI=1S/C12H20BrN3/c1-7(2)6-9-15-11(8(3)4)10(13)12(14-5)16-9/h7-8H,6H2,1-5H3,(H,14,15,16). The molecule has 1 aromatic heterocycles. The van der Waals surface area contributed by atoms with Crippen LogP contribution >= 0.6 is 15.9 Å². The van der Waals surface area contributed by atoms with E-state index in [1.54, 1.807) is 0 Å². The molecule has 0 saturated heterocycles. The molecule has 0 aromatic carbocycles. The number of nitrogens with one attached hydrogen (secondary N) is 1. The van der Waals surface area contributed by atoms with Gasteiger partial charge in [-0.1, -0.05) is 27.7 Å². The number of halogens is 1. The maximum atomic E-state index is 4.62. The summed E-state index contributed by atoms with van der Waals surface area (Å²) in [6.07, 6.45) is 0.918. The third-order valence-corrected chi connectivity index (χ3v) is 3.08. The van der Waals surface area contributed by atoms with Gasteiger partial charge < -0.3 is 5.32 Å². The van der Waals surface area contributed by atoms with Crippen molar-refractivity contribution in [1.29, 1.82) is 0 Å². The molecule has 0 fully saturated rings. The Bertz CT molecular complexity index is 362. The van der Waals surface area contributed by atoms with Crippen LogP contribution in [0.15, 0.2) is 4.47 Å². The molecule has 4 heteroatoms. The summed E-state index contributed by atoms with van der Waals surface area (Å²) in [4.78, 5) is 9.13. The molecule has 0 aliphatic rings. The maximum Gasteiger partial charge on any atom is 0.144 e. The molecule has 0 unspecified atom stereocenters. The highest BCUT2D eigenvalue weighted by atomic mass is 79.9. The summed E-state index contributed by atoms with van der Waals surface area (Å²) in [6.45, 7) is 8.65. The highest BCUT2D eigenvalue weighted by Gasteiger charge is 2.14. The lowest BCUT2D eigenvalue weighted by Crippen LogP contribution is -2.09. The van der Waals surface area contributed by atoms with Crippen LogP contribution in [0.1, 0.15) is 45.1 Å². The van der Waals surface area contributed by atoms with E-state index in [0.29, 0.717) is 11.8 Å². The van der Waals surface area contributed by atoms with Gasteiger partial charge in [0.05, 0.1) is 10.2 Å². The Labute approximate surface area is 106 Å².